The van der Waals surface area contributed by atoms with Gasteiger partial charge in [0.05, 0.1) is 0 Å². The van der Waals surface area contributed by atoms with Gasteiger partial charge in [0, 0.05) is 0 Å². The average Bonchev–Trinajstić information content (AvgIpc) is 2.19. The third kappa shape index (κ3) is 3.59. The van der Waals surface area contributed by atoms with Crippen LogP contribution in [-0.2, 0) is 6.16 Å². The molecule has 0 aliphatic carbocycles. The highest BCUT2D eigenvalue weighted by Gasteiger charge is 1.81. The molecule has 0 aromatic carbocycles. The van der Waals surface area contributed by atoms with Gasteiger partial charge in [0.25, 0.3) is 0 Å². The van der Waals surface area contributed by atoms with Crippen molar-refractivity contribution in [2.75, 3.05) is 0 Å². The lowest BCUT2D eigenvalue weighted by Gasteiger charge is -1.92. The van der Waals surface area contributed by atoms with Crippen molar-refractivity contribution in [1.29, 1.82) is 0 Å². The topological polar surface area (TPSA) is 0 Å². The molecule has 0 aliphatic rings. The van der Waals surface area contributed by atoms with Gasteiger partial charge in [-0.2, -0.15) is 0 Å². The molecule has 0 amide bonds. The lowest BCUT2D eigenvalue weighted by molar-refractivity contribution is 1.03. The number of aryl methyl sites for hydroxylation is 1. The van der Waals surface area contributed by atoms with Crippen molar-refractivity contribution in [3.8, 4) is 0 Å². The average molecular weight is 178 g/mol. The standard InChI is InChI=1S/C11H15P/c1-2-9-12-10-7-5-3-4-6-8-11-12/h3-8,10-11H,2,9H2,1H3. The zero-order chi connectivity index (χ0) is 8.65. The molecule has 1 rings (SSSR count). The fraction of sp³-hybridized carbons (Fsp3) is 0.273. The Balaban J connectivity index is 2.93. The highest BCUT2D eigenvalue weighted by Crippen LogP contribution is 2.25. The van der Waals surface area contributed by atoms with Crippen LogP contribution in [-0.4, -0.2) is 0 Å². The van der Waals surface area contributed by atoms with Crippen LogP contribution in [0.4, 0.5) is 0 Å². The number of rotatable bonds is 2. The van der Waals surface area contributed by atoms with Gasteiger partial charge in [0.15, 0.2) is 0 Å². The second kappa shape index (κ2) is 5.85. The highest BCUT2D eigenvalue weighted by molar-refractivity contribution is 7.47. The van der Waals surface area contributed by atoms with Crippen molar-refractivity contribution in [3.63, 3.8) is 0 Å². The summed E-state index contributed by atoms with van der Waals surface area (Å²) in [4.78, 5) is 0. The Morgan fingerprint density at radius 2 is 1.33 bits per heavy atom. The van der Waals surface area contributed by atoms with Crippen LogP contribution in [0.1, 0.15) is 13.3 Å². The van der Waals surface area contributed by atoms with Crippen molar-refractivity contribution < 1.29 is 0 Å². The largest absolute Gasteiger partial charge is 0.125 e. The van der Waals surface area contributed by atoms with Crippen LogP contribution in [0.15, 0.2) is 48.0 Å². The first kappa shape index (κ1) is 9.35. The van der Waals surface area contributed by atoms with Crippen molar-refractivity contribution >= 4 is 7.53 Å². The van der Waals surface area contributed by atoms with E-state index in [2.05, 4.69) is 54.9 Å². The minimum atomic E-state index is 0.00386. The summed E-state index contributed by atoms with van der Waals surface area (Å²) in [6.45, 7) is 2.24. The first-order valence-electron chi connectivity index (χ1n) is 4.37. The summed E-state index contributed by atoms with van der Waals surface area (Å²) in [5.41, 5.74) is 0. The van der Waals surface area contributed by atoms with Crippen molar-refractivity contribution in [1.82, 2.24) is 0 Å². The Kier molecular flexibility index (Phi) is 4.56. The molecule has 0 atom stereocenters. The van der Waals surface area contributed by atoms with Crippen molar-refractivity contribution in [2.45, 2.75) is 19.5 Å². The zero-order valence-corrected chi connectivity index (χ0v) is 8.37. The van der Waals surface area contributed by atoms with Crippen molar-refractivity contribution in [3.05, 3.63) is 48.0 Å². The summed E-state index contributed by atoms with van der Waals surface area (Å²) < 4.78 is 0. The van der Waals surface area contributed by atoms with E-state index in [1.165, 1.54) is 12.6 Å². The molecule has 1 aromatic heterocycles. The maximum Gasteiger partial charge on any atom is -0.0144 e. The first-order valence-corrected chi connectivity index (χ1v) is 6.04. The summed E-state index contributed by atoms with van der Waals surface area (Å²) in [5.74, 6) is 4.64. The molecule has 1 aromatic rings. The van der Waals surface area contributed by atoms with Gasteiger partial charge in [-0.3, -0.25) is 0 Å². The smallest absolute Gasteiger partial charge is 0.0144 e. The molecule has 12 heavy (non-hydrogen) atoms. The van der Waals surface area contributed by atoms with Gasteiger partial charge in [-0.1, -0.05) is 43.3 Å². The van der Waals surface area contributed by atoms with Crippen LogP contribution in [0, 0.1) is 0 Å². The van der Waals surface area contributed by atoms with Crippen molar-refractivity contribution in [2.24, 2.45) is 0 Å². The second-order valence-electron chi connectivity index (χ2n) is 2.69. The van der Waals surface area contributed by atoms with Crippen LogP contribution in [0.5, 0.6) is 0 Å². The molecule has 0 fully saturated rings. The van der Waals surface area contributed by atoms with E-state index >= 15 is 0 Å². The third-order valence-electron chi connectivity index (χ3n) is 1.59. The van der Waals surface area contributed by atoms with Gasteiger partial charge in [0.2, 0.25) is 0 Å². The SMILES string of the molecule is CCCp1cccccccc1. The Morgan fingerprint density at radius 1 is 0.833 bits per heavy atom. The van der Waals surface area contributed by atoms with Crippen LogP contribution in [0.25, 0.3) is 0 Å². The summed E-state index contributed by atoms with van der Waals surface area (Å²) in [6, 6.07) is 12.6. The minimum Gasteiger partial charge on any atom is -0.125 e. The summed E-state index contributed by atoms with van der Waals surface area (Å²) in [5, 5.41) is 0. The molecule has 1 heterocycles. The third-order valence-corrected chi connectivity index (χ3v) is 3.67. The van der Waals surface area contributed by atoms with Crippen LogP contribution in [0.2, 0.25) is 0 Å². The molecule has 0 saturated heterocycles. The van der Waals surface area contributed by atoms with E-state index in [9.17, 15) is 0 Å². The molecule has 0 saturated carbocycles. The molecule has 0 bridgehead atoms. The molecule has 0 nitrogen and oxygen atoms in total. The van der Waals surface area contributed by atoms with Gasteiger partial charge in [-0.25, -0.2) is 0 Å². The van der Waals surface area contributed by atoms with E-state index in [0.29, 0.717) is 0 Å². The molecule has 64 valence electrons. The van der Waals surface area contributed by atoms with E-state index < -0.39 is 0 Å². The summed E-state index contributed by atoms with van der Waals surface area (Å²) >= 11 is 0. The first-order chi connectivity index (χ1) is 5.93. The summed E-state index contributed by atoms with van der Waals surface area (Å²) in [7, 11) is 0.00386. The maximum absolute atomic E-state index is 2.32. The van der Waals surface area contributed by atoms with E-state index in [-0.39, 0.29) is 7.53 Å². The molecule has 0 unspecified atom stereocenters. The molecule has 0 N–H and O–H groups in total. The normalized spacial score (nSPS) is 9.08. The predicted molar refractivity (Wildman–Crippen MR) is 57.1 cm³/mol. The van der Waals surface area contributed by atoms with E-state index in [0.717, 1.165) is 0 Å². The highest BCUT2D eigenvalue weighted by atomic mass is 31.1. The Morgan fingerprint density at radius 3 is 1.83 bits per heavy atom. The van der Waals surface area contributed by atoms with E-state index in [1.54, 1.807) is 0 Å². The fourth-order valence-electron chi connectivity index (χ4n) is 1.03. The van der Waals surface area contributed by atoms with Gasteiger partial charge in [-0.05, 0) is 24.2 Å². The fourth-order valence-corrected chi connectivity index (χ4v) is 2.59. The molecular formula is C11H15P. The Bertz CT molecular complexity index is 237. The predicted octanol–water partition coefficient (Wildman–Crippen LogP) is 4.21. The Labute approximate surface area is 75.6 Å². The van der Waals surface area contributed by atoms with E-state index in [1.807, 2.05) is 0 Å². The van der Waals surface area contributed by atoms with Gasteiger partial charge in [-0.15, -0.1) is 7.53 Å². The molecular weight excluding hydrogens is 163 g/mol. The second-order valence-corrected chi connectivity index (χ2v) is 4.76. The number of hydrogen-bond donors (Lipinski definition) is 0. The van der Waals surface area contributed by atoms with Crippen LogP contribution >= 0.6 is 7.53 Å². The molecule has 0 radical (unpaired) electrons. The Hall–Kier alpha value is -0.740. The lowest BCUT2D eigenvalue weighted by Crippen LogP contribution is -1.61. The summed E-state index contributed by atoms with van der Waals surface area (Å²) in [6.07, 6.45) is 2.58. The molecule has 1 heteroatoms. The van der Waals surface area contributed by atoms with Crippen LogP contribution in [0.3, 0.4) is 0 Å². The monoisotopic (exact) mass is 178 g/mol. The lowest BCUT2D eigenvalue weighted by atomic mass is 10.5. The van der Waals surface area contributed by atoms with Gasteiger partial charge in [0.1, 0.15) is 0 Å². The zero-order valence-electron chi connectivity index (χ0n) is 7.48. The van der Waals surface area contributed by atoms with E-state index in [4.69, 9.17) is 0 Å². The molecule has 0 spiro atoms. The van der Waals surface area contributed by atoms with Gasteiger partial charge < -0.3 is 0 Å². The minimum absolute atomic E-state index is 0.00386. The van der Waals surface area contributed by atoms with Gasteiger partial charge >= 0.3 is 0 Å². The van der Waals surface area contributed by atoms with Crippen LogP contribution < -0.4 is 0 Å². The molecule has 0 aliphatic heterocycles. The number of hydrogen-bond acceptors (Lipinski definition) is 0. The maximum atomic E-state index is 2.32. The quantitative estimate of drug-likeness (QED) is 0.636.